The summed E-state index contributed by atoms with van der Waals surface area (Å²) >= 11 is 0. The van der Waals surface area contributed by atoms with Gasteiger partial charge in [-0.1, -0.05) is 87.2 Å². The number of nitrogens with zero attached hydrogens (tertiary/aromatic N) is 4. The first kappa shape index (κ1) is 75.8. The zero-order valence-electron chi connectivity index (χ0n) is 56.5. The van der Waals surface area contributed by atoms with E-state index < -0.39 is 15.6 Å². The number of methoxy groups -OCH3 is 5. The van der Waals surface area contributed by atoms with Gasteiger partial charge in [0.2, 0.25) is 10.0 Å². The number of hydrogen-bond acceptors (Lipinski definition) is 19. The molecule has 0 aliphatic carbocycles. The summed E-state index contributed by atoms with van der Waals surface area (Å²) in [6, 6.07) is 31.6. The molecule has 94 heavy (non-hydrogen) atoms. The molecule has 4 aromatic heterocycles. The van der Waals surface area contributed by atoms with E-state index in [1.54, 1.807) is 53.2 Å². The molecule has 1 amide bonds. The van der Waals surface area contributed by atoms with Crippen molar-refractivity contribution in [3.8, 4) is 23.0 Å². The monoisotopic (exact) mass is 1310 g/mol. The molecule has 8 aromatic rings. The number of aliphatic hydroxyl groups is 1. The Morgan fingerprint density at radius 3 is 1.06 bits per heavy atom. The van der Waals surface area contributed by atoms with Crippen LogP contribution in [0.15, 0.2) is 134 Å². The molecule has 0 bridgehead atoms. The molecular formula is C72H100N10O11S. The Labute approximate surface area is 556 Å². The van der Waals surface area contributed by atoms with Gasteiger partial charge in [-0.3, -0.25) is 24.7 Å². The van der Waals surface area contributed by atoms with Crippen LogP contribution in [-0.4, -0.2) is 132 Å². The fraction of sp³-hybridized carbons (Fsp3) is 0.444. The number of alkyl carbamates (subject to hydrolysis) is 1. The van der Waals surface area contributed by atoms with E-state index in [1.807, 2.05) is 112 Å². The number of fused-ring (bicyclic) bond motifs is 4. The van der Waals surface area contributed by atoms with E-state index in [0.717, 1.165) is 205 Å². The van der Waals surface area contributed by atoms with Gasteiger partial charge in [-0.15, -0.1) is 0 Å². The largest absolute Gasteiger partial charge is 0.513 e. The van der Waals surface area contributed by atoms with Gasteiger partial charge < -0.3 is 60.1 Å². The highest BCUT2D eigenvalue weighted by molar-refractivity contribution is 7.88. The van der Waals surface area contributed by atoms with Crippen molar-refractivity contribution >= 4 is 88.4 Å². The number of carbonyl (C=O) groups is 2. The number of amides is 1. The number of unbranched alkanes of at least 4 members (excludes halogenated alkanes) is 10. The Hall–Kier alpha value is -8.89. The lowest BCUT2D eigenvalue weighted by atomic mass is 10.1. The number of sulfonamides is 1. The van der Waals surface area contributed by atoms with E-state index in [-0.39, 0.29) is 17.8 Å². The van der Waals surface area contributed by atoms with Gasteiger partial charge in [-0.25, -0.2) is 17.9 Å². The number of carbonyl (C=O) groups excluding carboxylic acids is 2. The van der Waals surface area contributed by atoms with Crippen LogP contribution in [0, 0.1) is 0 Å². The van der Waals surface area contributed by atoms with Gasteiger partial charge >= 0.3 is 12.1 Å². The number of aliphatic hydroxyl groups excluding tert-OH is 1. The van der Waals surface area contributed by atoms with Crippen LogP contribution in [0.3, 0.4) is 0 Å². The Balaban J connectivity index is 0.000000227. The molecule has 510 valence electrons. The Morgan fingerprint density at radius 1 is 0.447 bits per heavy atom. The molecule has 8 rings (SSSR count). The van der Waals surface area contributed by atoms with Crippen molar-refractivity contribution in [2.45, 2.75) is 129 Å². The highest BCUT2D eigenvalue weighted by Gasteiger charge is 2.16. The standard InChI is InChI=1S/C20H29N3O3.C18H24N2O3.C18H24N2O2.C16H23N3O3S/c1-20(2,3)26-19(24)23-13-7-5-6-12-21-16-11-14-22-18-15(16)9-8-10-17(18)25-4;1-22-16-9-7-8-14-15(11-13-20-18(14)16)19-12-6-4-3-5-10-17(21)23-2;1-14(21)8-5-3-4-6-12-19-16-11-13-20-18-15(16)9-7-10-17(18)22-2;1-22-15-8-6-7-13-14(9-12-18-16(13)15)17-10-4-3-5-11-19-23(2,20)21/h8-11,14H,5-7,12-13H2,1-4H3,(H,21,22)(H,23,24);7-9,11,13H,3-6,10,12H2,1-2H3,(H,19,20);7,9-11,13,21H,1,3-6,8,12H2,2H3,(H,19,20);6-9,12,19H,3-5,10-11H2,1-2H3,(H,17,18). The Kier molecular flexibility index (Phi) is 33.6. The summed E-state index contributed by atoms with van der Waals surface area (Å²) in [4.78, 5) is 40.1. The van der Waals surface area contributed by atoms with Crippen LogP contribution in [0.1, 0.15) is 124 Å². The number of nitrogens with one attached hydrogen (secondary N) is 6. The molecule has 7 N–H and O–H groups in total. The van der Waals surface area contributed by atoms with Gasteiger partial charge in [0.15, 0.2) is 0 Å². The maximum atomic E-state index is 11.5. The van der Waals surface area contributed by atoms with Crippen molar-refractivity contribution in [1.82, 2.24) is 30.0 Å². The normalized spacial score (nSPS) is 11.0. The van der Waals surface area contributed by atoms with Crippen molar-refractivity contribution in [2.75, 3.05) is 102 Å². The van der Waals surface area contributed by atoms with Crippen molar-refractivity contribution in [3.63, 3.8) is 0 Å². The molecule has 0 saturated carbocycles. The highest BCUT2D eigenvalue weighted by Crippen LogP contribution is 2.32. The smallest absolute Gasteiger partial charge is 0.407 e. The molecule has 0 aliphatic heterocycles. The summed E-state index contributed by atoms with van der Waals surface area (Å²) in [6.45, 7) is 13.7. The Morgan fingerprint density at radius 2 is 0.755 bits per heavy atom. The number of allylic oxidation sites excluding steroid dienone is 1. The zero-order chi connectivity index (χ0) is 68.0. The third-order valence-electron chi connectivity index (χ3n) is 14.7. The first-order valence-electron chi connectivity index (χ1n) is 32.4. The molecule has 0 unspecified atom stereocenters. The predicted octanol–water partition coefficient (Wildman–Crippen LogP) is 15.2. The second kappa shape index (κ2) is 41.6. The third-order valence-corrected chi connectivity index (χ3v) is 15.5. The number of rotatable bonds is 35. The van der Waals surface area contributed by atoms with E-state index in [2.05, 4.69) is 68.6 Å². The van der Waals surface area contributed by atoms with Crippen molar-refractivity contribution in [1.29, 1.82) is 0 Å². The van der Waals surface area contributed by atoms with Crippen LogP contribution in [0.2, 0.25) is 0 Å². The third kappa shape index (κ3) is 27.4. The van der Waals surface area contributed by atoms with Crippen LogP contribution in [0.25, 0.3) is 43.6 Å². The summed E-state index contributed by atoms with van der Waals surface area (Å²) in [5, 5.41) is 29.9. The number of anilines is 4. The van der Waals surface area contributed by atoms with Crippen LogP contribution in [0.4, 0.5) is 27.5 Å². The average Bonchev–Trinajstić information content (AvgIpc) is 0.852. The zero-order valence-corrected chi connectivity index (χ0v) is 57.4. The summed E-state index contributed by atoms with van der Waals surface area (Å²) in [7, 11) is 4.97. The fourth-order valence-corrected chi connectivity index (χ4v) is 10.6. The quantitative estimate of drug-likeness (QED) is 0.0111. The number of benzene rings is 4. The van der Waals surface area contributed by atoms with Crippen molar-refractivity contribution in [2.24, 2.45) is 0 Å². The maximum absolute atomic E-state index is 11.5. The van der Waals surface area contributed by atoms with Crippen LogP contribution >= 0.6 is 0 Å². The summed E-state index contributed by atoms with van der Waals surface area (Å²) in [6.07, 6.45) is 23.4. The molecule has 0 radical (unpaired) electrons. The fourth-order valence-electron chi connectivity index (χ4n) is 10.0. The molecule has 4 aromatic carbocycles. The Bertz CT molecular complexity index is 3700. The SMILES string of the molecule is C=C(O)CCCCCCNc1ccnc2c(OC)cccc12.COC(=O)CCCCCCNc1ccnc2c(OC)cccc12.COc1cccc2c(NCCCCCNC(=O)OC(C)(C)C)ccnc12.COc1cccc2c(NCCCCCNS(C)(=O)=O)ccnc12. The lowest BCUT2D eigenvalue weighted by molar-refractivity contribution is -0.140. The van der Waals surface area contributed by atoms with Gasteiger partial charge in [0.25, 0.3) is 0 Å². The van der Waals surface area contributed by atoms with Gasteiger partial charge in [0, 0.05) is 121 Å². The predicted molar refractivity (Wildman–Crippen MR) is 382 cm³/mol. The molecule has 0 spiro atoms. The second-order valence-corrected chi connectivity index (χ2v) is 25.1. The lowest BCUT2D eigenvalue weighted by Gasteiger charge is -2.19. The lowest BCUT2D eigenvalue weighted by Crippen LogP contribution is -2.33. The van der Waals surface area contributed by atoms with Gasteiger partial charge in [0.05, 0.1) is 47.6 Å². The first-order chi connectivity index (χ1) is 45.4. The molecule has 4 heterocycles. The van der Waals surface area contributed by atoms with Gasteiger partial charge in [-0.05, 0) is 127 Å². The van der Waals surface area contributed by atoms with Crippen LogP contribution in [0.5, 0.6) is 23.0 Å². The van der Waals surface area contributed by atoms with Crippen LogP contribution in [-0.2, 0) is 24.3 Å². The van der Waals surface area contributed by atoms with E-state index in [0.29, 0.717) is 25.9 Å². The summed E-state index contributed by atoms with van der Waals surface area (Å²) in [5.74, 6) is 3.28. The van der Waals surface area contributed by atoms with Crippen LogP contribution < -0.4 is 50.3 Å². The van der Waals surface area contributed by atoms with E-state index in [1.165, 1.54) is 13.4 Å². The van der Waals surface area contributed by atoms with E-state index >= 15 is 0 Å². The molecular weight excluding hydrogens is 1210 g/mol. The number of esters is 1. The molecule has 21 nitrogen and oxygen atoms in total. The molecule has 0 atom stereocenters. The number of pyridine rings is 4. The molecule has 0 saturated heterocycles. The number of para-hydroxylation sites is 4. The number of aromatic nitrogens is 4. The number of hydrogen-bond donors (Lipinski definition) is 7. The average molecular weight is 1310 g/mol. The van der Waals surface area contributed by atoms with Gasteiger partial charge in [0.1, 0.15) is 50.7 Å². The maximum Gasteiger partial charge on any atom is 0.407 e. The molecule has 22 heteroatoms. The van der Waals surface area contributed by atoms with E-state index in [4.69, 9.17) is 28.8 Å². The second-order valence-electron chi connectivity index (χ2n) is 23.3. The summed E-state index contributed by atoms with van der Waals surface area (Å²) in [5.41, 5.74) is 7.26. The topological polar surface area (TPSA) is 268 Å². The summed E-state index contributed by atoms with van der Waals surface area (Å²) < 4.78 is 55.6. The number of ether oxygens (including phenoxy) is 6. The van der Waals surface area contributed by atoms with Crippen molar-refractivity contribution < 1.29 is 51.5 Å². The first-order valence-corrected chi connectivity index (χ1v) is 34.3. The van der Waals surface area contributed by atoms with Crippen molar-refractivity contribution in [3.05, 3.63) is 134 Å². The minimum absolute atomic E-state index is 0.125. The van der Waals surface area contributed by atoms with Gasteiger partial charge in [-0.2, -0.15) is 0 Å². The minimum atomic E-state index is -3.08. The highest BCUT2D eigenvalue weighted by atomic mass is 32.2. The molecule has 0 fully saturated rings. The molecule has 0 aliphatic rings. The van der Waals surface area contributed by atoms with E-state index in [9.17, 15) is 18.0 Å². The minimum Gasteiger partial charge on any atom is -0.513 e.